The van der Waals surface area contributed by atoms with E-state index in [0.29, 0.717) is 5.92 Å². The minimum absolute atomic E-state index is 0.198. The first-order chi connectivity index (χ1) is 7.67. The molecule has 3 heteroatoms. The topological polar surface area (TPSA) is 24.9 Å². The summed E-state index contributed by atoms with van der Waals surface area (Å²) in [6.45, 7) is 7.20. The summed E-state index contributed by atoms with van der Waals surface area (Å²) in [7, 11) is 0. The fourth-order valence-corrected chi connectivity index (χ4v) is 2.27. The zero-order valence-electron chi connectivity index (χ0n) is 10.3. The molecule has 0 bridgehead atoms. The Labute approximate surface area is 103 Å². The molecule has 0 saturated carbocycles. The highest BCUT2D eigenvalue weighted by Crippen LogP contribution is 2.19. The predicted molar refractivity (Wildman–Crippen MR) is 71.2 cm³/mol. The molecule has 0 aliphatic heterocycles. The van der Waals surface area contributed by atoms with E-state index < -0.39 is 0 Å². The van der Waals surface area contributed by atoms with Crippen LogP contribution in [0.25, 0.3) is 0 Å². The SMILES string of the molecule is CCC(CC)C(Cl)CNc1ccnc(C)c1. The van der Waals surface area contributed by atoms with Crippen LogP contribution < -0.4 is 5.32 Å². The van der Waals surface area contributed by atoms with E-state index in [9.17, 15) is 0 Å². The van der Waals surface area contributed by atoms with Crippen molar-refractivity contribution in [1.29, 1.82) is 0 Å². The Kier molecular flexibility index (Phi) is 5.61. The Morgan fingerprint density at radius 2 is 2.06 bits per heavy atom. The maximum Gasteiger partial charge on any atom is 0.0536 e. The molecule has 1 rings (SSSR count). The number of halogens is 1. The summed E-state index contributed by atoms with van der Waals surface area (Å²) in [5, 5.41) is 3.56. The number of nitrogens with zero attached hydrogens (tertiary/aromatic N) is 1. The van der Waals surface area contributed by atoms with Gasteiger partial charge in [-0.3, -0.25) is 4.98 Å². The number of aromatic nitrogens is 1. The highest BCUT2D eigenvalue weighted by molar-refractivity contribution is 6.21. The van der Waals surface area contributed by atoms with Crippen molar-refractivity contribution in [2.45, 2.75) is 39.0 Å². The van der Waals surface area contributed by atoms with Crippen LogP contribution in [-0.2, 0) is 0 Å². The first-order valence-electron chi connectivity index (χ1n) is 5.98. The van der Waals surface area contributed by atoms with E-state index in [2.05, 4.69) is 24.1 Å². The van der Waals surface area contributed by atoms with Crippen molar-refractivity contribution >= 4 is 17.3 Å². The number of pyridine rings is 1. The molecule has 0 saturated heterocycles. The predicted octanol–water partition coefficient (Wildman–Crippen LogP) is 3.85. The standard InChI is InChI=1S/C13H21ClN2/c1-4-11(5-2)13(14)9-16-12-6-7-15-10(3)8-12/h6-8,11,13H,4-5,9H2,1-3H3,(H,15,16). The molecule has 2 nitrogen and oxygen atoms in total. The molecule has 0 aromatic carbocycles. The Hall–Kier alpha value is -0.760. The lowest BCUT2D eigenvalue weighted by Crippen LogP contribution is -2.22. The smallest absolute Gasteiger partial charge is 0.0536 e. The lowest BCUT2D eigenvalue weighted by molar-refractivity contribution is 0.475. The van der Waals surface area contributed by atoms with Crippen molar-refractivity contribution in [2.75, 3.05) is 11.9 Å². The van der Waals surface area contributed by atoms with Crippen molar-refractivity contribution in [3.05, 3.63) is 24.0 Å². The van der Waals surface area contributed by atoms with Crippen LogP contribution >= 0.6 is 11.6 Å². The summed E-state index contributed by atoms with van der Waals surface area (Å²) < 4.78 is 0. The number of hydrogen-bond acceptors (Lipinski definition) is 2. The van der Waals surface area contributed by atoms with Crippen LogP contribution in [0.15, 0.2) is 18.3 Å². The van der Waals surface area contributed by atoms with Crippen LogP contribution in [0.4, 0.5) is 5.69 Å². The third kappa shape index (κ3) is 4.01. The molecule has 1 aromatic heterocycles. The van der Waals surface area contributed by atoms with Crippen LogP contribution in [0, 0.1) is 12.8 Å². The minimum Gasteiger partial charge on any atom is -0.383 e. The van der Waals surface area contributed by atoms with Crippen LogP contribution in [0.5, 0.6) is 0 Å². The zero-order valence-corrected chi connectivity index (χ0v) is 11.1. The average Bonchev–Trinajstić information content (AvgIpc) is 2.28. The van der Waals surface area contributed by atoms with Gasteiger partial charge in [0.15, 0.2) is 0 Å². The van der Waals surface area contributed by atoms with Gasteiger partial charge < -0.3 is 5.32 Å². The van der Waals surface area contributed by atoms with Crippen molar-refractivity contribution in [3.8, 4) is 0 Å². The fourth-order valence-electron chi connectivity index (χ4n) is 1.84. The minimum atomic E-state index is 0.198. The quantitative estimate of drug-likeness (QED) is 0.765. The van der Waals surface area contributed by atoms with Gasteiger partial charge in [-0.1, -0.05) is 26.7 Å². The van der Waals surface area contributed by atoms with Gasteiger partial charge in [0.05, 0.1) is 5.38 Å². The monoisotopic (exact) mass is 240 g/mol. The molecule has 0 aliphatic rings. The number of hydrogen-bond donors (Lipinski definition) is 1. The van der Waals surface area contributed by atoms with Gasteiger partial charge >= 0.3 is 0 Å². The van der Waals surface area contributed by atoms with Crippen LogP contribution in [-0.4, -0.2) is 16.9 Å². The summed E-state index contributed by atoms with van der Waals surface area (Å²) in [5.74, 6) is 0.595. The van der Waals surface area contributed by atoms with E-state index in [1.807, 2.05) is 25.3 Å². The summed E-state index contributed by atoms with van der Waals surface area (Å²) >= 11 is 6.36. The maximum atomic E-state index is 6.36. The molecule has 16 heavy (non-hydrogen) atoms. The number of rotatable bonds is 6. The van der Waals surface area contributed by atoms with Gasteiger partial charge in [-0.25, -0.2) is 0 Å². The van der Waals surface area contributed by atoms with E-state index in [1.165, 1.54) is 0 Å². The zero-order chi connectivity index (χ0) is 12.0. The van der Waals surface area contributed by atoms with E-state index in [-0.39, 0.29) is 5.38 Å². The lowest BCUT2D eigenvalue weighted by atomic mass is 9.99. The van der Waals surface area contributed by atoms with Gasteiger partial charge in [0.25, 0.3) is 0 Å². The second kappa shape index (κ2) is 6.74. The normalized spacial score (nSPS) is 12.8. The van der Waals surface area contributed by atoms with Crippen molar-refractivity contribution < 1.29 is 0 Å². The molecule has 1 N–H and O–H groups in total. The van der Waals surface area contributed by atoms with Crippen LogP contribution in [0.3, 0.4) is 0 Å². The van der Waals surface area contributed by atoms with Gasteiger partial charge in [0.1, 0.15) is 0 Å². The number of aryl methyl sites for hydroxylation is 1. The number of anilines is 1. The second-order valence-electron chi connectivity index (χ2n) is 4.16. The third-order valence-electron chi connectivity index (χ3n) is 2.96. The lowest BCUT2D eigenvalue weighted by Gasteiger charge is -2.20. The Morgan fingerprint density at radius 1 is 1.38 bits per heavy atom. The van der Waals surface area contributed by atoms with Gasteiger partial charge in [0, 0.05) is 24.1 Å². The van der Waals surface area contributed by atoms with Crippen molar-refractivity contribution in [3.63, 3.8) is 0 Å². The largest absolute Gasteiger partial charge is 0.383 e. The van der Waals surface area contributed by atoms with Crippen LogP contribution in [0.2, 0.25) is 0 Å². The fraction of sp³-hybridized carbons (Fsp3) is 0.615. The number of alkyl halides is 1. The summed E-state index contributed by atoms with van der Waals surface area (Å²) in [6.07, 6.45) is 4.10. The molecular formula is C13H21ClN2. The maximum absolute atomic E-state index is 6.36. The van der Waals surface area contributed by atoms with E-state index in [4.69, 9.17) is 11.6 Å². The molecular weight excluding hydrogens is 220 g/mol. The highest BCUT2D eigenvalue weighted by Gasteiger charge is 2.15. The molecule has 1 atom stereocenters. The molecule has 90 valence electrons. The second-order valence-corrected chi connectivity index (χ2v) is 4.72. The van der Waals surface area contributed by atoms with E-state index in [1.54, 1.807) is 0 Å². The van der Waals surface area contributed by atoms with Crippen molar-refractivity contribution in [1.82, 2.24) is 4.98 Å². The third-order valence-corrected chi connectivity index (χ3v) is 3.47. The van der Waals surface area contributed by atoms with Gasteiger partial charge in [-0.2, -0.15) is 0 Å². The summed E-state index contributed by atoms with van der Waals surface area (Å²) in [4.78, 5) is 4.16. The molecule has 1 aromatic rings. The molecule has 0 fully saturated rings. The highest BCUT2D eigenvalue weighted by atomic mass is 35.5. The van der Waals surface area contributed by atoms with E-state index >= 15 is 0 Å². The first kappa shape index (κ1) is 13.3. The van der Waals surface area contributed by atoms with Crippen molar-refractivity contribution in [2.24, 2.45) is 5.92 Å². The summed E-state index contributed by atoms with van der Waals surface area (Å²) in [6, 6.07) is 4.01. The van der Waals surface area contributed by atoms with Gasteiger partial charge in [-0.15, -0.1) is 11.6 Å². The molecule has 0 amide bonds. The van der Waals surface area contributed by atoms with Gasteiger partial charge in [-0.05, 0) is 25.0 Å². The molecule has 1 unspecified atom stereocenters. The van der Waals surface area contributed by atoms with Crippen LogP contribution in [0.1, 0.15) is 32.4 Å². The molecule has 0 spiro atoms. The first-order valence-corrected chi connectivity index (χ1v) is 6.41. The summed E-state index contributed by atoms with van der Waals surface area (Å²) in [5.41, 5.74) is 2.13. The number of nitrogens with one attached hydrogen (secondary N) is 1. The Bertz CT molecular complexity index is 311. The molecule has 0 radical (unpaired) electrons. The molecule has 1 heterocycles. The average molecular weight is 241 g/mol. The van der Waals surface area contributed by atoms with E-state index in [0.717, 1.165) is 30.8 Å². The Balaban J connectivity index is 2.45. The molecule has 0 aliphatic carbocycles. The Morgan fingerprint density at radius 3 is 2.62 bits per heavy atom. The van der Waals surface area contributed by atoms with Gasteiger partial charge in [0.2, 0.25) is 0 Å².